The number of nitrogens with two attached hydrogens (primary N) is 1. The molecule has 2 N–H and O–H groups in total. The van der Waals surface area contributed by atoms with Crippen LogP contribution >= 0.6 is 15.9 Å². The molecule has 0 aliphatic heterocycles. The zero-order valence-electron chi connectivity index (χ0n) is 11.4. The molecule has 0 saturated heterocycles. The summed E-state index contributed by atoms with van der Waals surface area (Å²) in [7, 11) is -3.51. The summed E-state index contributed by atoms with van der Waals surface area (Å²) < 4.78 is 29.1. The van der Waals surface area contributed by atoms with Crippen molar-refractivity contribution in [1.29, 1.82) is 0 Å². The van der Waals surface area contributed by atoms with Gasteiger partial charge in [0.25, 0.3) is 0 Å². The number of rotatable bonds is 5. The van der Waals surface area contributed by atoms with Gasteiger partial charge in [-0.2, -0.15) is 0 Å². The highest BCUT2D eigenvalue weighted by Crippen LogP contribution is 2.28. The Balaban J connectivity index is 2.71. The second kappa shape index (κ2) is 6.24. The molecule has 0 aromatic heterocycles. The quantitative estimate of drug-likeness (QED) is 0.888. The molecular weight excluding hydrogens is 330 g/mol. The summed E-state index contributed by atoms with van der Waals surface area (Å²) in [6, 6.07) is 7.42. The lowest BCUT2D eigenvalue weighted by Gasteiger charge is -2.29. The fourth-order valence-corrected chi connectivity index (χ4v) is 2.98. The van der Waals surface area contributed by atoms with Crippen LogP contribution in [-0.2, 0) is 10.0 Å². The van der Waals surface area contributed by atoms with Gasteiger partial charge in [0.05, 0.1) is 12.4 Å². The minimum absolute atomic E-state index is 0.0764. The number of hydrogen-bond acceptors (Lipinski definition) is 3. The molecule has 19 heavy (non-hydrogen) atoms. The minimum Gasteiger partial charge on any atom is -0.493 e. The van der Waals surface area contributed by atoms with Crippen LogP contribution in [0, 0.1) is 11.3 Å². The summed E-state index contributed by atoms with van der Waals surface area (Å²) in [6.45, 7) is 6.26. The van der Waals surface area contributed by atoms with E-state index < -0.39 is 10.0 Å². The molecule has 0 heterocycles. The Hall–Kier alpha value is -0.590. The fraction of sp³-hybridized carbons (Fsp3) is 0.538. The smallest absolute Gasteiger partial charge is 0.209 e. The van der Waals surface area contributed by atoms with E-state index in [-0.39, 0.29) is 17.1 Å². The first-order valence-electron chi connectivity index (χ1n) is 5.97. The molecule has 0 spiro atoms. The van der Waals surface area contributed by atoms with Crippen molar-refractivity contribution in [2.45, 2.75) is 20.8 Å². The van der Waals surface area contributed by atoms with E-state index in [0.717, 1.165) is 4.47 Å². The first kappa shape index (κ1) is 16.5. The average molecular weight is 350 g/mol. The van der Waals surface area contributed by atoms with Crippen LogP contribution in [0.4, 0.5) is 0 Å². The van der Waals surface area contributed by atoms with E-state index in [1.54, 1.807) is 0 Å². The highest BCUT2D eigenvalue weighted by atomic mass is 79.9. The predicted octanol–water partition coefficient (Wildman–Crippen LogP) is 2.78. The van der Waals surface area contributed by atoms with Crippen LogP contribution in [0.25, 0.3) is 0 Å². The topological polar surface area (TPSA) is 69.4 Å². The maximum absolute atomic E-state index is 11.3. The van der Waals surface area contributed by atoms with Crippen LogP contribution < -0.4 is 9.88 Å². The van der Waals surface area contributed by atoms with E-state index in [2.05, 4.69) is 15.9 Å². The number of hydrogen-bond donors (Lipinski definition) is 1. The second-order valence-electron chi connectivity index (χ2n) is 5.66. The molecule has 0 aliphatic rings. The maximum atomic E-state index is 11.3. The predicted molar refractivity (Wildman–Crippen MR) is 80.6 cm³/mol. The third-order valence-corrected chi connectivity index (χ3v) is 4.32. The summed E-state index contributed by atoms with van der Waals surface area (Å²) in [5, 5.41) is 5.13. The Morgan fingerprint density at radius 1 is 1.26 bits per heavy atom. The first-order valence-corrected chi connectivity index (χ1v) is 8.47. The SMILES string of the molecule is CC(C)(C)C(COc1ccc(Br)cc1)CS(N)(=O)=O. The molecule has 1 aromatic carbocycles. The van der Waals surface area contributed by atoms with Gasteiger partial charge in [-0.3, -0.25) is 0 Å². The average Bonchev–Trinajstić information content (AvgIpc) is 2.23. The van der Waals surface area contributed by atoms with Crippen molar-refractivity contribution >= 4 is 26.0 Å². The summed E-state index contributed by atoms with van der Waals surface area (Å²) in [4.78, 5) is 0. The summed E-state index contributed by atoms with van der Waals surface area (Å²) >= 11 is 3.35. The number of halogens is 1. The van der Waals surface area contributed by atoms with Crippen molar-refractivity contribution in [3.05, 3.63) is 28.7 Å². The van der Waals surface area contributed by atoms with Gasteiger partial charge in [-0.15, -0.1) is 0 Å². The van der Waals surface area contributed by atoms with E-state index in [0.29, 0.717) is 12.4 Å². The molecule has 0 saturated carbocycles. The number of sulfonamides is 1. The van der Waals surface area contributed by atoms with Crippen LogP contribution in [0.5, 0.6) is 5.75 Å². The van der Waals surface area contributed by atoms with Crippen LogP contribution in [-0.4, -0.2) is 20.8 Å². The zero-order chi connectivity index (χ0) is 14.7. The molecule has 0 aliphatic carbocycles. The highest BCUT2D eigenvalue weighted by Gasteiger charge is 2.29. The van der Waals surface area contributed by atoms with Gasteiger partial charge in [-0.1, -0.05) is 36.7 Å². The molecule has 1 unspecified atom stereocenters. The number of primary sulfonamides is 1. The Bertz CT molecular complexity index is 506. The van der Waals surface area contributed by atoms with Crippen molar-refractivity contribution in [3.63, 3.8) is 0 Å². The molecule has 0 radical (unpaired) electrons. The molecule has 1 atom stereocenters. The monoisotopic (exact) mass is 349 g/mol. The van der Waals surface area contributed by atoms with Crippen molar-refractivity contribution in [1.82, 2.24) is 0 Å². The van der Waals surface area contributed by atoms with Gasteiger partial charge < -0.3 is 4.74 Å². The minimum atomic E-state index is -3.51. The van der Waals surface area contributed by atoms with Crippen molar-refractivity contribution in [3.8, 4) is 5.75 Å². The van der Waals surface area contributed by atoms with Crippen molar-refractivity contribution < 1.29 is 13.2 Å². The Labute approximate surface area is 123 Å². The molecule has 4 nitrogen and oxygen atoms in total. The van der Waals surface area contributed by atoms with Gasteiger partial charge in [0.1, 0.15) is 5.75 Å². The largest absolute Gasteiger partial charge is 0.493 e. The van der Waals surface area contributed by atoms with E-state index >= 15 is 0 Å². The molecule has 0 amide bonds. The molecule has 0 fully saturated rings. The third-order valence-electron chi connectivity index (χ3n) is 2.92. The number of benzene rings is 1. The van der Waals surface area contributed by atoms with Crippen molar-refractivity contribution in [2.24, 2.45) is 16.5 Å². The molecule has 0 bridgehead atoms. The lowest BCUT2D eigenvalue weighted by atomic mass is 9.82. The summed E-state index contributed by atoms with van der Waals surface area (Å²) in [6.07, 6.45) is 0. The molecule has 6 heteroatoms. The van der Waals surface area contributed by atoms with E-state index in [9.17, 15) is 8.42 Å². The highest BCUT2D eigenvalue weighted by molar-refractivity contribution is 9.10. The van der Waals surface area contributed by atoms with Crippen LogP contribution in [0.15, 0.2) is 28.7 Å². The zero-order valence-corrected chi connectivity index (χ0v) is 13.8. The third kappa shape index (κ3) is 6.40. The Kier molecular flexibility index (Phi) is 5.41. The van der Waals surface area contributed by atoms with E-state index in [1.807, 2.05) is 45.0 Å². The van der Waals surface area contributed by atoms with Gasteiger partial charge in [0, 0.05) is 10.4 Å². The summed E-state index contributed by atoms with van der Waals surface area (Å²) in [5.41, 5.74) is -0.193. The van der Waals surface area contributed by atoms with Gasteiger partial charge in [-0.05, 0) is 29.7 Å². The molecule has 108 valence electrons. The maximum Gasteiger partial charge on any atom is 0.209 e. The van der Waals surface area contributed by atoms with E-state index in [1.165, 1.54) is 0 Å². The van der Waals surface area contributed by atoms with Gasteiger partial charge in [-0.25, -0.2) is 13.6 Å². The second-order valence-corrected chi connectivity index (χ2v) is 8.23. The standard InChI is InChI=1S/C13H20BrNO3S/c1-13(2,3)10(9-19(15,16)17)8-18-12-6-4-11(14)5-7-12/h4-7,10H,8-9H2,1-3H3,(H2,15,16,17). The lowest BCUT2D eigenvalue weighted by molar-refractivity contribution is 0.163. The van der Waals surface area contributed by atoms with Crippen LogP contribution in [0.3, 0.4) is 0 Å². The van der Waals surface area contributed by atoms with Crippen LogP contribution in [0.2, 0.25) is 0 Å². The van der Waals surface area contributed by atoms with Gasteiger partial charge in [0.15, 0.2) is 0 Å². The Morgan fingerprint density at radius 2 is 1.79 bits per heavy atom. The molecule has 1 aromatic rings. The Morgan fingerprint density at radius 3 is 2.21 bits per heavy atom. The van der Waals surface area contributed by atoms with Gasteiger partial charge in [0.2, 0.25) is 10.0 Å². The van der Waals surface area contributed by atoms with Gasteiger partial charge >= 0.3 is 0 Å². The lowest BCUT2D eigenvalue weighted by Crippen LogP contribution is -2.35. The summed E-state index contributed by atoms with van der Waals surface area (Å²) in [5.74, 6) is 0.477. The molecule has 1 rings (SSSR count). The fourth-order valence-electron chi connectivity index (χ4n) is 1.56. The van der Waals surface area contributed by atoms with Crippen LogP contribution in [0.1, 0.15) is 20.8 Å². The normalized spacial score (nSPS) is 14.2. The first-order chi connectivity index (χ1) is 8.58. The molecular formula is C13H20BrNO3S. The van der Waals surface area contributed by atoms with Crippen molar-refractivity contribution in [2.75, 3.05) is 12.4 Å². The number of ether oxygens (including phenoxy) is 1. The van der Waals surface area contributed by atoms with E-state index in [4.69, 9.17) is 9.88 Å².